The van der Waals surface area contributed by atoms with Gasteiger partial charge in [0.2, 0.25) is 0 Å². The first kappa shape index (κ1) is 23.6. The molecule has 1 aliphatic heterocycles. The Morgan fingerprint density at radius 2 is 1.88 bits per heavy atom. The van der Waals surface area contributed by atoms with E-state index >= 15 is 0 Å². The van der Waals surface area contributed by atoms with E-state index in [0.29, 0.717) is 37.2 Å². The van der Waals surface area contributed by atoms with E-state index in [1.165, 1.54) is 19.3 Å². The highest BCUT2D eigenvalue weighted by atomic mass is 16.5. The molecule has 154 valence electrons. The van der Waals surface area contributed by atoms with Crippen LogP contribution in [0.15, 0.2) is 0 Å². The van der Waals surface area contributed by atoms with Crippen LogP contribution in [0.25, 0.3) is 0 Å². The molecular formula is C22H43NO3. The molecule has 0 spiro atoms. The molecule has 2 rings (SSSR count). The highest BCUT2D eigenvalue weighted by Crippen LogP contribution is 2.35. The van der Waals surface area contributed by atoms with Gasteiger partial charge in [-0.1, -0.05) is 54.4 Å². The Bertz CT molecular complexity index is 399. The molecule has 0 aromatic rings. The minimum absolute atomic E-state index is 0.0985. The molecule has 2 aliphatic rings. The Labute approximate surface area is 161 Å². The Balaban J connectivity index is 0.00000105. The smallest absolute Gasteiger partial charge is 0.138 e. The van der Waals surface area contributed by atoms with Gasteiger partial charge in [-0.05, 0) is 30.6 Å². The molecule has 26 heavy (non-hydrogen) atoms. The third-order valence-corrected chi connectivity index (χ3v) is 5.69. The summed E-state index contributed by atoms with van der Waals surface area (Å²) in [6.45, 7) is 15.7. The number of hydrogen-bond acceptors (Lipinski definition) is 4. The van der Waals surface area contributed by atoms with Crippen molar-refractivity contribution in [2.45, 2.75) is 85.9 Å². The largest absolute Gasteiger partial charge is 0.389 e. The van der Waals surface area contributed by atoms with Crippen LogP contribution in [0.3, 0.4) is 0 Å². The van der Waals surface area contributed by atoms with Crippen LogP contribution in [-0.4, -0.2) is 54.2 Å². The summed E-state index contributed by atoms with van der Waals surface area (Å²) in [5, 5.41) is 10.3. The molecule has 1 saturated heterocycles. The van der Waals surface area contributed by atoms with Crippen LogP contribution in [0.4, 0.5) is 0 Å². The second kappa shape index (κ2) is 12.1. The lowest BCUT2D eigenvalue weighted by Crippen LogP contribution is -2.45. The number of Topliss-reactive ketones (excluding diaryl/α,β-unsaturated/α-hetero) is 1. The topological polar surface area (TPSA) is 49.8 Å². The molecule has 5 atom stereocenters. The first-order valence-corrected chi connectivity index (χ1v) is 10.8. The summed E-state index contributed by atoms with van der Waals surface area (Å²) in [7, 11) is 0. The Kier molecular flexibility index (Phi) is 11.0. The van der Waals surface area contributed by atoms with Gasteiger partial charge in [0.25, 0.3) is 0 Å². The number of β-amino-alcohol motifs (C(OH)–C–C–N with tert-alkyl or cyclic N) is 1. The predicted molar refractivity (Wildman–Crippen MR) is 108 cm³/mol. The normalized spacial score (nSPS) is 31.5. The van der Waals surface area contributed by atoms with Crippen molar-refractivity contribution in [2.24, 2.45) is 23.7 Å². The fourth-order valence-corrected chi connectivity index (χ4v) is 4.15. The predicted octanol–water partition coefficient (Wildman–Crippen LogP) is 4.15. The van der Waals surface area contributed by atoms with Gasteiger partial charge >= 0.3 is 0 Å². The Hall–Kier alpha value is -0.450. The van der Waals surface area contributed by atoms with Gasteiger partial charge in [0.1, 0.15) is 5.78 Å². The molecule has 0 aromatic heterocycles. The molecule has 0 amide bonds. The minimum atomic E-state index is -0.458. The van der Waals surface area contributed by atoms with E-state index in [2.05, 4.69) is 39.5 Å². The van der Waals surface area contributed by atoms with Crippen molar-refractivity contribution in [1.82, 2.24) is 4.90 Å². The van der Waals surface area contributed by atoms with Gasteiger partial charge in [-0.3, -0.25) is 9.69 Å². The molecular weight excluding hydrogens is 326 g/mol. The van der Waals surface area contributed by atoms with Gasteiger partial charge in [0.15, 0.2) is 0 Å². The molecule has 0 aromatic carbocycles. The number of carbonyl (C=O) groups excluding carboxylic acids is 1. The van der Waals surface area contributed by atoms with Crippen LogP contribution in [0.5, 0.6) is 0 Å². The first-order valence-electron chi connectivity index (χ1n) is 10.8. The molecule has 4 nitrogen and oxygen atoms in total. The molecule has 0 radical (unpaired) electrons. The molecule has 2 fully saturated rings. The lowest BCUT2D eigenvalue weighted by Gasteiger charge is -2.38. The van der Waals surface area contributed by atoms with Crippen LogP contribution in [-0.2, 0) is 9.53 Å². The van der Waals surface area contributed by atoms with Crippen LogP contribution in [0.2, 0.25) is 0 Å². The van der Waals surface area contributed by atoms with E-state index in [1.54, 1.807) is 0 Å². The summed E-state index contributed by atoms with van der Waals surface area (Å²) < 4.78 is 6.13. The number of piperidine rings is 1. The molecule has 5 unspecified atom stereocenters. The maximum absolute atomic E-state index is 11.6. The van der Waals surface area contributed by atoms with E-state index < -0.39 is 6.10 Å². The van der Waals surface area contributed by atoms with Crippen molar-refractivity contribution in [3.05, 3.63) is 0 Å². The number of likely N-dealkylation sites (tertiary alicyclic amines) is 1. The van der Waals surface area contributed by atoms with Crippen molar-refractivity contribution in [1.29, 1.82) is 0 Å². The SMILES string of the molecule is CC1CCC(C(C)C)C(OCC(O)CN2CCC(=O)C(C)C2)C1.CCC. The number of rotatable bonds is 6. The molecule has 0 bridgehead atoms. The van der Waals surface area contributed by atoms with Crippen LogP contribution < -0.4 is 0 Å². The van der Waals surface area contributed by atoms with Gasteiger partial charge in [-0.25, -0.2) is 0 Å². The zero-order chi connectivity index (χ0) is 19.7. The minimum Gasteiger partial charge on any atom is -0.389 e. The molecule has 1 N–H and O–H groups in total. The first-order chi connectivity index (χ1) is 12.3. The van der Waals surface area contributed by atoms with Crippen LogP contribution in [0, 0.1) is 23.7 Å². The lowest BCUT2D eigenvalue weighted by atomic mass is 9.75. The summed E-state index contributed by atoms with van der Waals surface area (Å²) in [6.07, 6.45) is 5.35. The lowest BCUT2D eigenvalue weighted by molar-refractivity contribution is -0.126. The van der Waals surface area contributed by atoms with E-state index in [1.807, 2.05) is 6.92 Å². The highest BCUT2D eigenvalue weighted by Gasteiger charge is 2.32. The van der Waals surface area contributed by atoms with E-state index in [4.69, 9.17) is 4.74 Å². The standard InChI is InChI=1S/C19H35NO3.C3H8/c1-13(2)17-6-5-14(3)9-19(17)23-12-16(21)11-20-8-7-18(22)15(4)10-20;1-3-2/h13-17,19,21H,5-12H2,1-4H3;3H2,1-2H3. The maximum atomic E-state index is 11.6. The van der Waals surface area contributed by atoms with E-state index in [9.17, 15) is 9.90 Å². The fraction of sp³-hybridized carbons (Fsp3) is 0.955. The van der Waals surface area contributed by atoms with Gasteiger partial charge < -0.3 is 9.84 Å². The highest BCUT2D eigenvalue weighted by molar-refractivity contribution is 5.81. The van der Waals surface area contributed by atoms with Crippen LogP contribution >= 0.6 is 0 Å². The van der Waals surface area contributed by atoms with Gasteiger partial charge in [-0.15, -0.1) is 0 Å². The van der Waals surface area contributed by atoms with Crippen molar-refractivity contribution < 1.29 is 14.6 Å². The maximum Gasteiger partial charge on any atom is 0.138 e. The van der Waals surface area contributed by atoms with Gasteiger partial charge in [-0.2, -0.15) is 0 Å². The van der Waals surface area contributed by atoms with E-state index in [-0.39, 0.29) is 12.0 Å². The number of nitrogens with zero attached hydrogens (tertiary/aromatic N) is 1. The zero-order valence-corrected chi connectivity index (χ0v) is 18.0. The number of aliphatic hydroxyl groups is 1. The number of aliphatic hydroxyl groups excluding tert-OH is 1. The molecule has 1 heterocycles. The third-order valence-electron chi connectivity index (χ3n) is 5.69. The van der Waals surface area contributed by atoms with Gasteiger partial charge in [0.05, 0.1) is 18.8 Å². The number of ketones is 1. The third kappa shape index (κ3) is 8.06. The number of carbonyl (C=O) groups is 1. The summed E-state index contributed by atoms with van der Waals surface area (Å²) >= 11 is 0. The van der Waals surface area contributed by atoms with Crippen molar-refractivity contribution in [3.8, 4) is 0 Å². The summed E-state index contributed by atoms with van der Waals surface area (Å²) in [5.74, 6) is 2.43. The van der Waals surface area contributed by atoms with Crippen molar-refractivity contribution in [2.75, 3.05) is 26.2 Å². The Morgan fingerprint density at radius 3 is 2.46 bits per heavy atom. The van der Waals surface area contributed by atoms with Crippen LogP contribution in [0.1, 0.15) is 73.6 Å². The van der Waals surface area contributed by atoms with E-state index in [0.717, 1.165) is 25.4 Å². The average molecular weight is 370 g/mol. The number of hydrogen-bond donors (Lipinski definition) is 1. The quantitative estimate of drug-likeness (QED) is 0.764. The van der Waals surface area contributed by atoms with Gasteiger partial charge in [0, 0.05) is 32.0 Å². The zero-order valence-electron chi connectivity index (χ0n) is 18.0. The number of ether oxygens (including phenoxy) is 1. The average Bonchev–Trinajstić information content (AvgIpc) is 2.57. The molecule has 1 aliphatic carbocycles. The summed E-state index contributed by atoms with van der Waals surface area (Å²) in [6, 6.07) is 0. The van der Waals surface area contributed by atoms with Crippen molar-refractivity contribution in [3.63, 3.8) is 0 Å². The molecule has 1 saturated carbocycles. The second-order valence-corrected chi connectivity index (χ2v) is 8.94. The molecule has 4 heteroatoms. The summed E-state index contributed by atoms with van der Waals surface area (Å²) in [4.78, 5) is 13.8. The fourth-order valence-electron chi connectivity index (χ4n) is 4.15. The summed E-state index contributed by atoms with van der Waals surface area (Å²) in [5.41, 5.74) is 0. The van der Waals surface area contributed by atoms with Crippen molar-refractivity contribution >= 4 is 5.78 Å². The Morgan fingerprint density at radius 1 is 1.23 bits per heavy atom. The monoisotopic (exact) mass is 369 g/mol. The second-order valence-electron chi connectivity index (χ2n) is 8.94.